The lowest BCUT2D eigenvalue weighted by atomic mass is 10.1. The number of carbonyl (C=O) groups is 1. The minimum absolute atomic E-state index is 0.134. The number of hydrogen-bond donors (Lipinski definition) is 0. The summed E-state index contributed by atoms with van der Waals surface area (Å²) in [5.74, 6) is 0.134. The third kappa shape index (κ3) is 0.668. The lowest BCUT2D eigenvalue weighted by Gasteiger charge is -2.31. The molecule has 1 heterocycles. The number of β-lactam (4-membered cyclic amide) rings is 1. The Morgan fingerprint density at radius 1 is 2.00 bits per heavy atom. The van der Waals surface area contributed by atoms with Gasteiger partial charge in [-0.15, -0.1) is 6.58 Å². The summed E-state index contributed by atoms with van der Waals surface area (Å²) in [7, 11) is 0. The van der Waals surface area contributed by atoms with Gasteiger partial charge in [0.05, 0.1) is 28.6 Å². The Labute approximate surface area is 56.5 Å². The zero-order valence-corrected chi connectivity index (χ0v) is 5.89. The Balaban J connectivity index is 2.47. The van der Waals surface area contributed by atoms with Crippen molar-refractivity contribution in [1.82, 2.24) is 3.93 Å². The first-order valence-corrected chi connectivity index (χ1v) is 3.07. The van der Waals surface area contributed by atoms with Crippen molar-refractivity contribution >= 4 is 22.1 Å². The van der Waals surface area contributed by atoms with E-state index < -0.39 is 0 Å². The van der Waals surface area contributed by atoms with Gasteiger partial charge in [-0.05, 0) is 0 Å². The van der Waals surface area contributed by atoms with Crippen LogP contribution in [0.3, 0.4) is 0 Å². The molecule has 3 heteroatoms. The van der Waals surface area contributed by atoms with Gasteiger partial charge in [0.1, 0.15) is 0 Å². The van der Waals surface area contributed by atoms with E-state index in [1.165, 1.54) is 3.93 Å². The van der Waals surface area contributed by atoms with Crippen LogP contribution in [-0.4, -0.2) is 15.9 Å². The Hall–Kier alpha value is -0.310. The van der Waals surface area contributed by atoms with E-state index in [0.717, 1.165) is 0 Å². The molecule has 0 saturated carbocycles. The molecule has 2 nitrogen and oxygen atoms in total. The van der Waals surface area contributed by atoms with Crippen molar-refractivity contribution in [3.8, 4) is 0 Å². The van der Waals surface area contributed by atoms with Crippen molar-refractivity contribution < 1.29 is 4.79 Å². The molecule has 1 amide bonds. The zero-order chi connectivity index (χ0) is 6.15. The predicted molar refractivity (Wildman–Crippen MR) is 34.4 cm³/mol. The van der Waals surface area contributed by atoms with Gasteiger partial charge in [-0.3, -0.25) is 8.72 Å². The molecule has 0 spiro atoms. The van der Waals surface area contributed by atoms with Crippen molar-refractivity contribution in [3.05, 3.63) is 12.7 Å². The Bertz CT molecular complexity index is 134. The summed E-state index contributed by atoms with van der Waals surface area (Å²) in [5.41, 5.74) is 0. The van der Waals surface area contributed by atoms with Crippen molar-refractivity contribution in [2.24, 2.45) is 0 Å². The van der Waals surface area contributed by atoms with Gasteiger partial charge in [-0.1, -0.05) is 6.08 Å². The standard InChI is InChI=1S/C5H6BrNO/c1-2-4-3-5(8)7(4)6/h2,4H,1,3H2/t4-/m1/s1. The van der Waals surface area contributed by atoms with Gasteiger partial charge in [-0.25, -0.2) is 0 Å². The fourth-order valence-corrected chi connectivity index (χ4v) is 1.05. The lowest BCUT2D eigenvalue weighted by molar-refractivity contribution is -0.134. The highest BCUT2D eigenvalue weighted by Crippen LogP contribution is 2.23. The average Bonchev–Trinajstić information content (AvgIpc) is 1.81. The van der Waals surface area contributed by atoms with E-state index >= 15 is 0 Å². The summed E-state index contributed by atoms with van der Waals surface area (Å²) < 4.78 is 1.50. The molecule has 1 aliphatic rings. The first kappa shape index (κ1) is 5.82. The minimum Gasteiger partial charge on any atom is -0.274 e. The van der Waals surface area contributed by atoms with Crippen LogP contribution in [0.4, 0.5) is 0 Å². The fourth-order valence-electron chi connectivity index (χ4n) is 0.595. The van der Waals surface area contributed by atoms with Crippen LogP contribution >= 0.6 is 16.1 Å². The highest BCUT2D eigenvalue weighted by molar-refractivity contribution is 9.07. The SMILES string of the molecule is C=C[C@@H]1CC(=O)N1Br. The molecule has 1 rings (SSSR count). The molecule has 0 radical (unpaired) electrons. The molecule has 0 aliphatic carbocycles. The van der Waals surface area contributed by atoms with Crippen LogP contribution in [0.25, 0.3) is 0 Å². The molecule has 0 aromatic carbocycles. The number of amides is 1. The van der Waals surface area contributed by atoms with Crippen molar-refractivity contribution in [1.29, 1.82) is 0 Å². The van der Waals surface area contributed by atoms with Gasteiger partial charge in [0.25, 0.3) is 0 Å². The second-order valence-corrected chi connectivity index (χ2v) is 2.48. The van der Waals surface area contributed by atoms with Gasteiger partial charge >= 0.3 is 0 Å². The summed E-state index contributed by atoms with van der Waals surface area (Å²) in [4.78, 5) is 10.4. The summed E-state index contributed by atoms with van der Waals surface area (Å²) in [5, 5.41) is 0. The highest BCUT2D eigenvalue weighted by Gasteiger charge is 2.31. The second-order valence-electron chi connectivity index (χ2n) is 1.71. The monoisotopic (exact) mass is 175 g/mol. The summed E-state index contributed by atoms with van der Waals surface area (Å²) in [6.45, 7) is 3.54. The summed E-state index contributed by atoms with van der Waals surface area (Å²) in [6, 6.07) is 0.225. The van der Waals surface area contributed by atoms with Crippen LogP contribution in [0.2, 0.25) is 0 Å². The van der Waals surface area contributed by atoms with Crippen molar-refractivity contribution in [2.45, 2.75) is 12.5 Å². The van der Waals surface area contributed by atoms with E-state index in [0.29, 0.717) is 6.42 Å². The Morgan fingerprint density at radius 2 is 2.62 bits per heavy atom. The van der Waals surface area contributed by atoms with Gasteiger partial charge in [0.15, 0.2) is 0 Å². The molecule has 0 unspecified atom stereocenters. The van der Waals surface area contributed by atoms with Crippen molar-refractivity contribution in [2.75, 3.05) is 0 Å². The van der Waals surface area contributed by atoms with Crippen LogP contribution in [-0.2, 0) is 4.79 Å². The van der Waals surface area contributed by atoms with Crippen LogP contribution in [0.5, 0.6) is 0 Å². The zero-order valence-electron chi connectivity index (χ0n) is 4.30. The lowest BCUT2D eigenvalue weighted by Crippen LogP contribution is -2.44. The largest absolute Gasteiger partial charge is 0.274 e. The third-order valence-electron chi connectivity index (χ3n) is 1.19. The topological polar surface area (TPSA) is 20.3 Å². The molecule has 1 fully saturated rings. The van der Waals surface area contributed by atoms with Crippen LogP contribution in [0.1, 0.15) is 6.42 Å². The molecule has 1 atom stereocenters. The third-order valence-corrected chi connectivity index (χ3v) is 2.11. The fraction of sp³-hybridized carbons (Fsp3) is 0.400. The molecular formula is C5H6BrNO. The second kappa shape index (κ2) is 1.90. The van der Waals surface area contributed by atoms with Crippen LogP contribution < -0.4 is 0 Å². The summed E-state index contributed by atoms with van der Waals surface area (Å²) in [6.07, 6.45) is 2.35. The number of halogens is 1. The molecule has 0 aromatic heterocycles. The number of nitrogens with zero attached hydrogens (tertiary/aromatic N) is 1. The van der Waals surface area contributed by atoms with Gasteiger partial charge in [0, 0.05) is 0 Å². The maximum atomic E-state index is 10.4. The first-order chi connectivity index (χ1) is 3.75. The smallest absolute Gasteiger partial charge is 0.235 e. The Morgan fingerprint density at radius 3 is 2.75 bits per heavy atom. The Kier molecular flexibility index (Phi) is 1.38. The normalized spacial score (nSPS) is 27.4. The van der Waals surface area contributed by atoms with E-state index in [-0.39, 0.29) is 11.9 Å². The predicted octanol–water partition coefficient (Wildman–Crippen LogP) is 1.08. The maximum Gasteiger partial charge on any atom is 0.235 e. The highest BCUT2D eigenvalue weighted by atomic mass is 79.9. The van der Waals surface area contributed by atoms with E-state index in [2.05, 4.69) is 22.7 Å². The van der Waals surface area contributed by atoms with Gasteiger partial charge < -0.3 is 0 Å². The van der Waals surface area contributed by atoms with E-state index in [1.54, 1.807) is 6.08 Å². The molecule has 44 valence electrons. The maximum absolute atomic E-state index is 10.4. The summed E-state index contributed by atoms with van der Waals surface area (Å²) >= 11 is 3.06. The van der Waals surface area contributed by atoms with Gasteiger partial charge in [0.2, 0.25) is 5.91 Å². The molecule has 0 N–H and O–H groups in total. The number of rotatable bonds is 1. The quantitative estimate of drug-likeness (QED) is 0.332. The molecular weight excluding hydrogens is 170 g/mol. The molecule has 0 aromatic rings. The number of carbonyl (C=O) groups excluding carboxylic acids is 1. The van der Waals surface area contributed by atoms with Crippen LogP contribution in [0.15, 0.2) is 12.7 Å². The minimum atomic E-state index is 0.134. The molecule has 0 bridgehead atoms. The van der Waals surface area contributed by atoms with Crippen LogP contribution in [0, 0.1) is 0 Å². The molecule has 1 aliphatic heterocycles. The van der Waals surface area contributed by atoms with E-state index in [4.69, 9.17) is 0 Å². The average molecular weight is 176 g/mol. The van der Waals surface area contributed by atoms with E-state index in [9.17, 15) is 4.79 Å². The van der Waals surface area contributed by atoms with Crippen molar-refractivity contribution in [3.63, 3.8) is 0 Å². The number of hydrogen-bond acceptors (Lipinski definition) is 1. The first-order valence-electron chi connectivity index (χ1n) is 2.36. The molecule has 1 saturated heterocycles. The molecule has 8 heavy (non-hydrogen) atoms. The van der Waals surface area contributed by atoms with Gasteiger partial charge in [-0.2, -0.15) is 0 Å². The van der Waals surface area contributed by atoms with E-state index in [1.807, 2.05) is 0 Å².